The standard InChI is InChI=1S/C21H24Cl2N4O3/c1-30-20(28)14-26-8-10-27(11-9-26)18-6-4-17(5-7-18)25-21(29)24-13-15-2-3-16(22)12-19(15)23/h2-7,12H,8-11,13-14H2,1H3,(H2,24,25,29). The number of anilines is 2. The molecule has 7 nitrogen and oxygen atoms in total. The Morgan fingerprint density at radius 2 is 1.73 bits per heavy atom. The molecule has 2 N–H and O–H groups in total. The van der Waals surface area contributed by atoms with Crippen molar-refractivity contribution >= 4 is 46.6 Å². The average molecular weight is 451 g/mol. The van der Waals surface area contributed by atoms with Gasteiger partial charge in [-0.1, -0.05) is 29.3 Å². The summed E-state index contributed by atoms with van der Waals surface area (Å²) >= 11 is 12.0. The molecule has 1 aliphatic heterocycles. The first-order valence-electron chi connectivity index (χ1n) is 9.57. The molecule has 1 heterocycles. The van der Waals surface area contributed by atoms with E-state index in [0.29, 0.717) is 28.8 Å². The number of nitrogens with one attached hydrogen (secondary N) is 2. The third kappa shape index (κ3) is 6.26. The number of amides is 2. The van der Waals surface area contributed by atoms with Crippen LogP contribution in [0.1, 0.15) is 5.56 Å². The van der Waals surface area contributed by atoms with Gasteiger partial charge in [-0.25, -0.2) is 4.79 Å². The van der Waals surface area contributed by atoms with Crippen LogP contribution in [0.3, 0.4) is 0 Å². The fourth-order valence-electron chi connectivity index (χ4n) is 3.18. The monoisotopic (exact) mass is 450 g/mol. The van der Waals surface area contributed by atoms with Gasteiger partial charge in [0, 0.05) is 54.1 Å². The number of piperazine rings is 1. The van der Waals surface area contributed by atoms with Gasteiger partial charge in [0.15, 0.2) is 0 Å². The van der Waals surface area contributed by atoms with Crippen LogP contribution in [0.4, 0.5) is 16.2 Å². The number of rotatable bonds is 6. The Bertz CT molecular complexity index is 884. The van der Waals surface area contributed by atoms with Crippen molar-refractivity contribution in [3.63, 3.8) is 0 Å². The normalized spacial score (nSPS) is 14.3. The van der Waals surface area contributed by atoms with Gasteiger partial charge in [-0.3, -0.25) is 9.69 Å². The molecule has 1 saturated heterocycles. The van der Waals surface area contributed by atoms with E-state index in [1.807, 2.05) is 24.3 Å². The number of esters is 1. The SMILES string of the molecule is COC(=O)CN1CCN(c2ccc(NC(=O)NCc3ccc(Cl)cc3Cl)cc2)CC1. The number of methoxy groups -OCH3 is 1. The van der Waals surface area contributed by atoms with E-state index in [9.17, 15) is 9.59 Å². The van der Waals surface area contributed by atoms with Crippen LogP contribution in [-0.2, 0) is 16.1 Å². The minimum absolute atomic E-state index is 0.213. The summed E-state index contributed by atoms with van der Waals surface area (Å²) in [6, 6.07) is 12.5. The van der Waals surface area contributed by atoms with Gasteiger partial charge >= 0.3 is 12.0 Å². The molecule has 160 valence electrons. The molecule has 0 spiro atoms. The summed E-state index contributed by atoms with van der Waals surface area (Å²) in [6.07, 6.45) is 0. The van der Waals surface area contributed by atoms with Gasteiger partial charge in [-0.05, 0) is 42.0 Å². The van der Waals surface area contributed by atoms with Crippen LogP contribution < -0.4 is 15.5 Å². The predicted molar refractivity (Wildman–Crippen MR) is 119 cm³/mol. The second-order valence-corrected chi connectivity index (χ2v) is 7.77. The van der Waals surface area contributed by atoms with Crippen LogP contribution in [0.15, 0.2) is 42.5 Å². The van der Waals surface area contributed by atoms with E-state index < -0.39 is 0 Å². The smallest absolute Gasteiger partial charge is 0.319 e. The van der Waals surface area contributed by atoms with Gasteiger partial charge in [0.1, 0.15) is 0 Å². The Balaban J connectivity index is 1.46. The van der Waals surface area contributed by atoms with Crippen molar-refractivity contribution in [2.75, 3.05) is 50.1 Å². The van der Waals surface area contributed by atoms with Crippen molar-refractivity contribution in [1.29, 1.82) is 0 Å². The van der Waals surface area contributed by atoms with Crippen molar-refractivity contribution in [3.8, 4) is 0 Å². The lowest BCUT2D eigenvalue weighted by Gasteiger charge is -2.35. The predicted octanol–water partition coefficient (Wildman–Crippen LogP) is 3.61. The van der Waals surface area contributed by atoms with Gasteiger partial charge in [0.05, 0.1) is 13.7 Å². The molecule has 30 heavy (non-hydrogen) atoms. The summed E-state index contributed by atoms with van der Waals surface area (Å²) in [5, 5.41) is 6.66. The number of urea groups is 1. The maximum Gasteiger partial charge on any atom is 0.319 e. The minimum atomic E-state index is -0.315. The molecule has 0 atom stereocenters. The number of hydrogen-bond donors (Lipinski definition) is 2. The zero-order valence-corrected chi connectivity index (χ0v) is 18.2. The largest absolute Gasteiger partial charge is 0.468 e. The van der Waals surface area contributed by atoms with E-state index in [1.165, 1.54) is 7.11 Å². The van der Waals surface area contributed by atoms with Crippen LogP contribution in [0.5, 0.6) is 0 Å². The lowest BCUT2D eigenvalue weighted by atomic mass is 10.2. The van der Waals surface area contributed by atoms with Crippen LogP contribution in [-0.4, -0.2) is 56.7 Å². The van der Waals surface area contributed by atoms with Gasteiger partial charge in [0.25, 0.3) is 0 Å². The molecular formula is C21H24Cl2N4O3. The summed E-state index contributed by atoms with van der Waals surface area (Å²) in [4.78, 5) is 27.9. The van der Waals surface area contributed by atoms with E-state index in [2.05, 4.69) is 20.4 Å². The molecule has 0 bridgehead atoms. The molecule has 1 fully saturated rings. The lowest BCUT2D eigenvalue weighted by molar-refractivity contribution is -0.142. The first kappa shape index (κ1) is 22.2. The number of hydrogen-bond acceptors (Lipinski definition) is 5. The highest BCUT2D eigenvalue weighted by Gasteiger charge is 2.19. The summed E-state index contributed by atoms with van der Waals surface area (Å²) < 4.78 is 4.72. The molecule has 3 rings (SSSR count). The molecule has 0 aromatic heterocycles. The van der Waals surface area contributed by atoms with Crippen LogP contribution >= 0.6 is 23.2 Å². The number of ether oxygens (including phenoxy) is 1. The van der Waals surface area contributed by atoms with E-state index in [-0.39, 0.29) is 12.0 Å². The zero-order chi connectivity index (χ0) is 21.5. The summed E-state index contributed by atoms with van der Waals surface area (Å²) in [5.41, 5.74) is 2.56. The Morgan fingerprint density at radius 1 is 1.03 bits per heavy atom. The molecule has 1 aliphatic rings. The van der Waals surface area contributed by atoms with Crippen LogP contribution in [0, 0.1) is 0 Å². The highest BCUT2D eigenvalue weighted by atomic mass is 35.5. The highest BCUT2D eigenvalue weighted by molar-refractivity contribution is 6.35. The number of nitrogens with zero attached hydrogens (tertiary/aromatic N) is 2. The Labute approximate surface area is 185 Å². The third-order valence-corrected chi connectivity index (χ3v) is 5.48. The maximum absolute atomic E-state index is 12.2. The first-order valence-corrected chi connectivity index (χ1v) is 10.3. The number of benzene rings is 2. The van der Waals surface area contributed by atoms with E-state index in [1.54, 1.807) is 18.2 Å². The summed E-state index contributed by atoms with van der Waals surface area (Å²) in [5.74, 6) is -0.213. The second kappa shape index (κ2) is 10.5. The Hall–Kier alpha value is -2.48. The van der Waals surface area contributed by atoms with Crippen molar-refractivity contribution in [2.45, 2.75) is 6.54 Å². The lowest BCUT2D eigenvalue weighted by Crippen LogP contribution is -2.48. The van der Waals surface area contributed by atoms with Crippen LogP contribution in [0.2, 0.25) is 10.0 Å². The first-order chi connectivity index (χ1) is 14.4. The fraction of sp³-hybridized carbons (Fsp3) is 0.333. The molecule has 9 heteroatoms. The number of carbonyl (C=O) groups excluding carboxylic acids is 2. The minimum Gasteiger partial charge on any atom is -0.468 e. The van der Waals surface area contributed by atoms with E-state index in [4.69, 9.17) is 27.9 Å². The highest BCUT2D eigenvalue weighted by Crippen LogP contribution is 2.21. The van der Waals surface area contributed by atoms with Crippen LogP contribution in [0.25, 0.3) is 0 Å². The van der Waals surface area contributed by atoms with Crippen molar-refractivity contribution in [3.05, 3.63) is 58.1 Å². The Kier molecular flexibility index (Phi) is 7.79. The van der Waals surface area contributed by atoms with Crippen molar-refractivity contribution in [2.24, 2.45) is 0 Å². The molecule has 0 radical (unpaired) electrons. The Morgan fingerprint density at radius 3 is 2.37 bits per heavy atom. The fourth-order valence-corrected chi connectivity index (χ4v) is 3.66. The molecular weight excluding hydrogens is 427 g/mol. The third-order valence-electron chi connectivity index (χ3n) is 4.90. The quantitative estimate of drug-likeness (QED) is 0.657. The topological polar surface area (TPSA) is 73.9 Å². The molecule has 2 amide bonds. The van der Waals surface area contributed by atoms with E-state index >= 15 is 0 Å². The van der Waals surface area contributed by atoms with Crippen molar-refractivity contribution in [1.82, 2.24) is 10.2 Å². The average Bonchev–Trinajstić information content (AvgIpc) is 2.74. The molecule has 0 unspecified atom stereocenters. The second-order valence-electron chi connectivity index (χ2n) is 6.93. The van der Waals surface area contributed by atoms with E-state index in [0.717, 1.165) is 37.4 Å². The molecule has 2 aromatic carbocycles. The number of halogens is 2. The molecule has 0 saturated carbocycles. The number of carbonyl (C=O) groups is 2. The van der Waals surface area contributed by atoms with Gasteiger partial charge in [0.2, 0.25) is 0 Å². The molecule has 2 aromatic rings. The maximum atomic E-state index is 12.2. The summed E-state index contributed by atoms with van der Waals surface area (Å²) in [6.45, 7) is 3.87. The van der Waals surface area contributed by atoms with Gasteiger partial charge < -0.3 is 20.3 Å². The van der Waals surface area contributed by atoms with Gasteiger partial charge in [-0.15, -0.1) is 0 Å². The van der Waals surface area contributed by atoms with Crippen molar-refractivity contribution < 1.29 is 14.3 Å². The van der Waals surface area contributed by atoms with Gasteiger partial charge in [-0.2, -0.15) is 0 Å². The molecule has 0 aliphatic carbocycles. The zero-order valence-electron chi connectivity index (χ0n) is 16.7. The summed E-state index contributed by atoms with van der Waals surface area (Å²) in [7, 11) is 1.40.